The fraction of sp³-hybridized carbons (Fsp3) is 0.481. The van der Waals surface area contributed by atoms with E-state index in [4.69, 9.17) is 14.2 Å². The Bertz CT molecular complexity index is 1210. The standard InChI is InChI=1S/C27H36BrNO9/c1-14(2)24(31)38-21-10-15(3)9-16(4)23(21)25(5,6)13-22(30)29-27(34,35)26(32,33)17-11-20(37-8)18(28)12-19(17)36-7/h9-12,14,32-35H,13H2,1-8H3,(H,29,30). The Labute approximate surface area is 230 Å². The van der Waals surface area contributed by atoms with Crippen molar-refractivity contribution in [3.8, 4) is 17.2 Å². The lowest BCUT2D eigenvalue weighted by Gasteiger charge is -2.37. The number of rotatable bonds is 10. The second kappa shape index (κ2) is 11.6. The number of ether oxygens (including phenoxy) is 3. The number of nitrogens with one attached hydrogen (secondary N) is 1. The van der Waals surface area contributed by atoms with E-state index in [-0.39, 0.29) is 23.8 Å². The molecule has 0 atom stereocenters. The zero-order chi connectivity index (χ0) is 29.2. The third kappa shape index (κ3) is 6.65. The van der Waals surface area contributed by atoms with Crippen molar-refractivity contribution >= 4 is 27.8 Å². The van der Waals surface area contributed by atoms with Gasteiger partial charge in [0.1, 0.15) is 17.2 Å². The third-order valence-corrected chi connectivity index (χ3v) is 6.67. The summed E-state index contributed by atoms with van der Waals surface area (Å²) in [6.45, 7) is 10.5. The van der Waals surface area contributed by atoms with Gasteiger partial charge in [0.15, 0.2) is 0 Å². The van der Waals surface area contributed by atoms with Gasteiger partial charge >= 0.3 is 11.9 Å². The minimum Gasteiger partial charge on any atom is -0.496 e. The van der Waals surface area contributed by atoms with Crippen LogP contribution in [0, 0.1) is 19.8 Å². The highest BCUT2D eigenvalue weighted by atomic mass is 79.9. The number of hydrogen-bond acceptors (Lipinski definition) is 9. The summed E-state index contributed by atoms with van der Waals surface area (Å²) in [5.74, 6) is -8.36. The molecule has 10 nitrogen and oxygen atoms in total. The first-order chi connectivity index (χ1) is 17.4. The lowest BCUT2D eigenvalue weighted by molar-refractivity contribution is -0.375. The lowest BCUT2D eigenvalue weighted by Crippen LogP contribution is -2.63. The Kier molecular flexibility index (Phi) is 9.61. The van der Waals surface area contributed by atoms with Gasteiger partial charge in [0, 0.05) is 17.4 Å². The lowest BCUT2D eigenvalue weighted by atomic mass is 9.78. The topological polar surface area (TPSA) is 155 Å². The number of benzene rings is 2. The van der Waals surface area contributed by atoms with Crippen molar-refractivity contribution in [2.24, 2.45) is 5.92 Å². The number of halogens is 1. The maximum atomic E-state index is 13.1. The second-order valence-corrected chi connectivity index (χ2v) is 11.0. The van der Waals surface area contributed by atoms with Gasteiger partial charge in [-0.2, -0.15) is 0 Å². The summed E-state index contributed by atoms with van der Waals surface area (Å²) in [7, 11) is 2.58. The number of amides is 1. The summed E-state index contributed by atoms with van der Waals surface area (Å²) in [5, 5.41) is 44.8. The van der Waals surface area contributed by atoms with Crippen LogP contribution in [0.25, 0.3) is 0 Å². The molecule has 0 aliphatic carbocycles. The number of carbonyl (C=O) groups is 2. The number of aryl methyl sites for hydroxylation is 2. The molecule has 0 fully saturated rings. The molecule has 1 amide bonds. The van der Waals surface area contributed by atoms with Crippen LogP contribution in [0.15, 0.2) is 28.7 Å². The quantitative estimate of drug-likeness (QED) is 0.158. The summed E-state index contributed by atoms with van der Waals surface area (Å²) in [6, 6.07) is 6.05. The van der Waals surface area contributed by atoms with Crippen LogP contribution in [0.1, 0.15) is 56.4 Å². The molecule has 5 N–H and O–H groups in total. The molecule has 0 radical (unpaired) electrons. The predicted octanol–water partition coefficient (Wildman–Crippen LogP) is 2.90. The zero-order valence-electron chi connectivity index (χ0n) is 22.8. The average molecular weight is 598 g/mol. The SMILES string of the molecule is COc1cc(C(O)(O)C(O)(O)NC(=O)CC(C)(C)c2c(C)cc(C)cc2OC(=O)C(C)C)c(OC)cc1Br. The van der Waals surface area contributed by atoms with Crippen LogP contribution in [-0.4, -0.2) is 52.4 Å². The molecule has 2 aromatic rings. The van der Waals surface area contributed by atoms with Crippen molar-refractivity contribution in [1.82, 2.24) is 5.32 Å². The normalized spacial score (nSPS) is 12.4. The van der Waals surface area contributed by atoms with E-state index >= 15 is 0 Å². The molecule has 2 rings (SSSR count). The highest BCUT2D eigenvalue weighted by Gasteiger charge is 2.52. The van der Waals surface area contributed by atoms with Gasteiger partial charge in [-0.15, -0.1) is 0 Å². The largest absolute Gasteiger partial charge is 0.496 e. The minimum absolute atomic E-state index is 0.114. The molecule has 0 heterocycles. The Hall–Kier alpha value is -2.70. The molecule has 0 spiro atoms. The number of carbonyl (C=O) groups excluding carboxylic acids is 2. The Morgan fingerprint density at radius 2 is 1.53 bits per heavy atom. The van der Waals surface area contributed by atoms with Gasteiger partial charge < -0.3 is 40.0 Å². The van der Waals surface area contributed by atoms with E-state index < -0.39 is 34.6 Å². The maximum absolute atomic E-state index is 13.1. The number of methoxy groups -OCH3 is 2. The van der Waals surface area contributed by atoms with Gasteiger partial charge in [-0.05, 0) is 59.1 Å². The molecule has 0 saturated heterocycles. The van der Waals surface area contributed by atoms with Gasteiger partial charge in [0.2, 0.25) is 5.91 Å². The average Bonchev–Trinajstić information content (AvgIpc) is 2.76. The van der Waals surface area contributed by atoms with Crippen LogP contribution in [-0.2, 0) is 20.8 Å². The van der Waals surface area contributed by atoms with Crippen LogP contribution in [0.5, 0.6) is 17.2 Å². The maximum Gasteiger partial charge on any atom is 0.313 e. The molecule has 0 aromatic heterocycles. The fourth-order valence-electron chi connectivity index (χ4n) is 4.24. The van der Waals surface area contributed by atoms with Gasteiger partial charge in [0.25, 0.3) is 5.79 Å². The molecule has 0 aliphatic rings. The van der Waals surface area contributed by atoms with Crippen LogP contribution < -0.4 is 19.5 Å². The van der Waals surface area contributed by atoms with Gasteiger partial charge in [0.05, 0.1) is 30.2 Å². The number of aliphatic hydroxyl groups is 4. The van der Waals surface area contributed by atoms with E-state index in [9.17, 15) is 30.0 Å². The molecule has 38 heavy (non-hydrogen) atoms. The Morgan fingerprint density at radius 1 is 0.947 bits per heavy atom. The molecule has 0 aliphatic heterocycles. The summed E-state index contributed by atoms with van der Waals surface area (Å²) in [6.07, 6.45) is -0.330. The van der Waals surface area contributed by atoms with Crippen molar-refractivity contribution in [2.75, 3.05) is 14.2 Å². The monoisotopic (exact) mass is 597 g/mol. The Balaban J connectivity index is 2.41. The van der Waals surface area contributed by atoms with E-state index in [1.165, 1.54) is 20.3 Å². The van der Waals surface area contributed by atoms with E-state index in [0.717, 1.165) is 17.2 Å². The molecular weight excluding hydrogens is 562 g/mol. The summed E-state index contributed by atoms with van der Waals surface area (Å²) < 4.78 is 16.3. The third-order valence-electron chi connectivity index (χ3n) is 6.05. The van der Waals surface area contributed by atoms with Crippen molar-refractivity contribution in [1.29, 1.82) is 0 Å². The predicted molar refractivity (Wildman–Crippen MR) is 143 cm³/mol. The van der Waals surface area contributed by atoms with Crippen LogP contribution >= 0.6 is 15.9 Å². The first-order valence-corrected chi connectivity index (χ1v) is 12.6. The first-order valence-electron chi connectivity index (χ1n) is 11.8. The van der Waals surface area contributed by atoms with Crippen LogP contribution in [0.4, 0.5) is 0 Å². The fourth-order valence-corrected chi connectivity index (χ4v) is 4.72. The van der Waals surface area contributed by atoms with E-state index in [0.29, 0.717) is 15.8 Å². The van der Waals surface area contributed by atoms with Gasteiger partial charge in [-0.1, -0.05) is 33.8 Å². The van der Waals surface area contributed by atoms with Crippen molar-refractivity contribution in [3.63, 3.8) is 0 Å². The van der Waals surface area contributed by atoms with Crippen LogP contribution in [0.2, 0.25) is 0 Å². The van der Waals surface area contributed by atoms with E-state index in [1.54, 1.807) is 33.8 Å². The smallest absolute Gasteiger partial charge is 0.313 e. The van der Waals surface area contributed by atoms with E-state index in [1.807, 2.05) is 25.2 Å². The van der Waals surface area contributed by atoms with Gasteiger partial charge in [-0.3, -0.25) is 9.59 Å². The first kappa shape index (κ1) is 31.5. The molecule has 0 saturated carbocycles. The summed E-state index contributed by atoms with van der Waals surface area (Å²) in [5.41, 5.74) is 0.747. The second-order valence-electron chi connectivity index (χ2n) is 10.2. The summed E-state index contributed by atoms with van der Waals surface area (Å²) in [4.78, 5) is 25.4. The highest BCUT2D eigenvalue weighted by Crippen LogP contribution is 2.41. The Morgan fingerprint density at radius 3 is 2.05 bits per heavy atom. The summed E-state index contributed by atoms with van der Waals surface area (Å²) >= 11 is 3.24. The molecule has 2 aromatic carbocycles. The zero-order valence-corrected chi connectivity index (χ0v) is 24.4. The highest BCUT2D eigenvalue weighted by molar-refractivity contribution is 9.10. The minimum atomic E-state index is -3.54. The van der Waals surface area contributed by atoms with Crippen LogP contribution in [0.3, 0.4) is 0 Å². The molecule has 11 heteroatoms. The number of esters is 1. The van der Waals surface area contributed by atoms with Crippen molar-refractivity contribution < 1.29 is 44.2 Å². The molecule has 0 bridgehead atoms. The van der Waals surface area contributed by atoms with E-state index in [2.05, 4.69) is 15.9 Å². The molecular formula is C27H36BrNO9. The van der Waals surface area contributed by atoms with Crippen molar-refractivity contribution in [2.45, 2.75) is 65.1 Å². The number of hydrogen-bond donors (Lipinski definition) is 5. The van der Waals surface area contributed by atoms with Crippen molar-refractivity contribution in [3.05, 3.63) is 51.0 Å². The van der Waals surface area contributed by atoms with Gasteiger partial charge in [-0.25, -0.2) is 0 Å². The molecule has 210 valence electrons. The molecule has 0 unspecified atom stereocenters.